The van der Waals surface area contributed by atoms with Gasteiger partial charge in [-0.25, -0.2) is 4.98 Å². The Kier molecular flexibility index (Phi) is 6.51. The molecule has 1 aliphatic carbocycles. The Labute approximate surface area is 211 Å². The molecule has 0 amide bonds. The summed E-state index contributed by atoms with van der Waals surface area (Å²) >= 11 is 6.69. The molecule has 9 heteroatoms. The molecule has 1 aromatic heterocycles. The molecule has 2 heterocycles. The van der Waals surface area contributed by atoms with Gasteiger partial charge >= 0.3 is 0 Å². The first-order valence-electron chi connectivity index (χ1n) is 12.0. The molecule has 7 nitrogen and oxygen atoms in total. The van der Waals surface area contributed by atoms with Gasteiger partial charge in [0, 0.05) is 36.3 Å². The maximum absolute atomic E-state index is 12.7. The molecule has 1 saturated heterocycles. The molecule has 2 fully saturated rings. The lowest BCUT2D eigenvalue weighted by Crippen LogP contribution is -2.52. The molecular weight excluding hydrogens is 479 g/mol. The average molecular weight is 511 g/mol. The summed E-state index contributed by atoms with van der Waals surface area (Å²) in [6.07, 6.45) is 6.36. The third-order valence-electron chi connectivity index (χ3n) is 7.16. The van der Waals surface area contributed by atoms with Crippen molar-refractivity contribution in [3.63, 3.8) is 0 Å². The smallest absolute Gasteiger partial charge is 0.229 e. The van der Waals surface area contributed by atoms with Crippen LogP contribution in [0.15, 0.2) is 54.7 Å². The molecule has 5 rings (SSSR count). The number of anilines is 5. The fourth-order valence-corrected chi connectivity index (χ4v) is 6.78. The second-order valence-corrected chi connectivity index (χ2v) is 13.8. The lowest BCUT2D eigenvalue weighted by molar-refractivity contribution is 0.0713. The van der Waals surface area contributed by atoms with Crippen LogP contribution in [0.3, 0.4) is 0 Å². The summed E-state index contributed by atoms with van der Waals surface area (Å²) in [4.78, 5) is 11.3. The Balaban J connectivity index is 1.26. The maximum atomic E-state index is 12.7. The number of benzene rings is 2. The lowest BCUT2D eigenvalue weighted by atomic mass is 9.60. The molecule has 1 saturated carbocycles. The van der Waals surface area contributed by atoms with Crippen molar-refractivity contribution in [2.24, 2.45) is 11.1 Å². The van der Waals surface area contributed by atoms with Crippen LogP contribution in [0, 0.1) is 5.41 Å². The Morgan fingerprint density at radius 2 is 1.83 bits per heavy atom. The van der Waals surface area contributed by atoms with Gasteiger partial charge in [-0.1, -0.05) is 23.7 Å². The minimum Gasteiger partial charge on any atom is -0.370 e. The number of halogens is 1. The Bertz CT molecular complexity index is 1260. The number of para-hydroxylation sites is 1. The van der Waals surface area contributed by atoms with E-state index in [1.54, 1.807) is 25.6 Å². The Morgan fingerprint density at radius 1 is 1.09 bits per heavy atom. The van der Waals surface area contributed by atoms with E-state index >= 15 is 0 Å². The molecule has 3 aromatic rings. The minimum atomic E-state index is -2.44. The van der Waals surface area contributed by atoms with Crippen molar-refractivity contribution in [3.05, 3.63) is 59.8 Å². The number of aromatic nitrogens is 2. The molecule has 4 N–H and O–H groups in total. The van der Waals surface area contributed by atoms with E-state index in [1.165, 1.54) is 12.8 Å². The summed E-state index contributed by atoms with van der Waals surface area (Å²) in [5, 5.41) is 8.03. The summed E-state index contributed by atoms with van der Waals surface area (Å²) in [7, 11) is -2.44. The zero-order valence-corrected chi connectivity index (χ0v) is 21.8. The van der Waals surface area contributed by atoms with Gasteiger partial charge in [0.15, 0.2) is 0 Å². The van der Waals surface area contributed by atoms with Crippen molar-refractivity contribution in [2.45, 2.75) is 31.7 Å². The summed E-state index contributed by atoms with van der Waals surface area (Å²) in [5.74, 6) is 1.07. The van der Waals surface area contributed by atoms with E-state index in [2.05, 4.69) is 31.6 Å². The summed E-state index contributed by atoms with van der Waals surface area (Å²) in [5.41, 5.74) is 9.17. The van der Waals surface area contributed by atoms with Gasteiger partial charge in [0.1, 0.15) is 13.0 Å². The number of hydrogen-bond donors (Lipinski definition) is 3. The van der Waals surface area contributed by atoms with Gasteiger partial charge in [0.2, 0.25) is 5.95 Å². The van der Waals surface area contributed by atoms with Crippen LogP contribution in [0.4, 0.5) is 28.8 Å². The topological polar surface area (TPSA) is 96.2 Å². The molecule has 1 spiro atoms. The number of nitrogens with one attached hydrogen (secondary N) is 2. The zero-order chi connectivity index (χ0) is 24.6. The maximum Gasteiger partial charge on any atom is 0.229 e. The van der Waals surface area contributed by atoms with E-state index in [0.29, 0.717) is 28.2 Å². The molecular formula is C26H32ClN6OP. The molecule has 1 aliphatic heterocycles. The van der Waals surface area contributed by atoms with Crippen molar-refractivity contribution < 1.29 is 4.57 Å². The zero-order valence-electron chi connectivity index (χ0n) is 20.2. The lowest BCUT2D eigenvalue weighted by Gasteiger charge is -2.51. The quantitative estimate of drug-likeness (QED) is 0.373. The first-order valence-corrected chi connectivity index (χ1v) is 15.0. The number of rotatable bonds is 6. The van der Waals surface area contributed by atoms with Gasteiger partial charge in [-0.15, -0.1) is 0 Å². The third-order valence-corrected chi connectivity index (χ3v) is 9.01. The molecule has 0 bridgehead atoms. The first-order chi connectivity index (χ1) is 16.7. The predicted octanol–water partition coefficient (Wildman–Crippen LogP) is 5.57. The summed E-state index contributed by atoms with van der Waals surface area (Å²) < 4.78 is 12.7. The molecule has 0 radical (unpaired) electrons. The average Bonchev–Trinajstić information content (AvgIpc) is 2.79. The number of hydrogen-bond acceptors (Lipinski definition) is 7. The number of piperidine rings is 1. The minimum absolute atomic E-state index is 0.390. The summed E-state index contributed by atoms with van der Waals surface area (Å²) in [6.45, 7) is 5.55. The molecule has 35 heavy (non-hydrogen) atoms. The number of nitrogens with two attached hydrogens (primary N) is 1. The summed E-state index contributed by atoms with van der Waals surface area (Å²) in [6, 6.07) is 15.8. The van der Waals surface area contributed by atoms with Crippen molar-refractivity contribution >= 4 is 52.9 Å². The van der Waals surface area contributed by atoms with E-state index in [0.717, 1.165) is 48.3 Å². The largest absolute Gasteiger partial charge is 0.370 e. The normalized spacial score (nSPS) is 17.8. The van der Waals surface area contributed by atoms with E-state index in [4.69, 9.17) is 17.3 Å². The number of nitrogens with zero attached hydrogens (tertiary/aromatic N) is 3. The van der Waals surface area contributed by atoms with Crippen LogP contribution in [0.25, 0.3) is 0 Å². The highest BCUT2D eigenvalue weighted by Crippen LogP contribution is 2.49. The van der Waals surface area contributed by atoms with E-state index in [1.807, 2.05) is 36.4 Å². The molecule has 0 unspecified atom stereocenters. The van der Waals surface area contributed by atoms with Crippen LogP contribution in [0.2, 0.25) is 5.02 Å². The van der Waals surface area contributed by atoms with Gasteiger partial charge in [-0.3, -0.25) is 0 Å². The van der Waals surface area contributed by atoms with Gasteiger partial charge in [0.05, 0.1) is 16.4 Å². The van der Waals surface area contributed by atoms with Gasteiger partial charge in [0.25, 0.3) is 0 Å². The second kappa shape index (κ2) is 9.45. The van der Waals surface area contributed by atoms with Crippen LogP contribution in [-0.2, 0) is 4.57 Å². The third kappa shape index (κ3) is 5.32. The van der Waals surface area contributed by atoms with Crippen molar-refractivity contribution in [2.75, 3.05) is 42.0 Å². The van der Waals surface area contributed by atoms with Gasteiger partial charge < -0.3 is 25.8 Å². The van der Waals surface area contributed by atoms with Crippen molar-refractivity contribution in [1.29, 1.82) is 0 Å². The van der Waals surface area contributed by atoms with Gasteiger partial charge in [-0.2, -0.15) is 4.98 Å². The van der Waals surface area contributed by atoms with Crippen LogP contribution in [-0.4, -0.2) is 42.4 Å². The van der Waals surface area contributed by atoms with E-state index < -0.39 is 7.14 Å². The van der Waals surface area contributed by atoms with Crippen LogP contribution in [0.1, 0.15) is 25.7 Å². The Morgan fingerprint density at radius 3 is 2.51 bits per heavy atom. The Hall–Kier alpha value is -2.60. The standard InChI is InChI=1S/C26H32ClN6OP/c1-35(2,34)23-6-4-3-5-21(23)31-24-9-12-29-25(32-24)30-19-7-8-22(20(27)15-19)33-13-10-26(11-14-33)16-18(28)17-26/h3-9,12,15,18H,10-11,13-14,16-17,28H2,1-2H3,(H2,29,30,31,32). The van der Waals surface area contributed by atoms with E-state index in [9.17, 15) is 4.57 Å². The first kappa shape index (κ1) is 24.1. The van der Waals surface area contributed by atoms with Crippen molar-refractivity contribution in [3.8, 4) is 0 Å². The predicted molar refractivity (Wildman–Crippen MR) is 147 cm³/mol. The molecule has 2 aliphatic rings. The van der Waals surface area contributed by atoms with Gasteiger partial charge in [-0.05, 0) is 80.8 Å². The van der Waals surface area contributed by atoms with Crippen LogP contribution in [0.5, 0.6) is 0 Å². The highest BCUT2D eigenvalue weighted by Gasteiger charge is 2.44. The fourth-order valence-electron chi connectivity index (χ4n) is 5.33. The molecule has 0 atom stereocenters. The van der Waals surface area contributed by atoms with Crippen LogP contribution >= 0.6 is 18.7 Å². The second-order valence-electron chi connectivity index (χ2n) is 10.2. The SMILES string of the molecule is CP(C)(=O)c1ccccc1Nc1ccnc(Nc2ccc(N3CCC4(CC3)CC(N)C4)c(Cl)c2)n1. The highest BCUT2D eigenvalue weighted by molar-refractivity contribution is 7.70. The van der Waals surface area contributed by atoms with Crippen molar-refractivity contribution in [1.82, 2.24) is 9.97 Å². The van der Waals surface area contributed by atoms with E-state index in [-0.39, 0.29) is 0 Å². The molecule has 2 aromatic carbocycles. The highest BCUT2D eigenvalue weighted by atomic mass is 35.5. The monoisotopic (exact) mass is 510 g/mol. The fraction of sp³-hybridized carbons (Fsp3) is 0.385. The van der Waals surface area contributed by atoms with Crippen LogP contribution < -0.4 is 26.6 Å². The molecule has 184 valence electrons.